The fourth-order valence-corrected chi connectivity index (χ4v) is 1.77. The number of hydrogen-bond donors (Lipinski definition) is 0. The largest absolute Gasteiger partial charge is 0.418 e. The van der Waals surface area contributed by atoms with Crippen LogP contribution in [0.4, 0.5) is 13.2 Å². The highest BCUT2D eigenvalue weighted by Crippen LogP contribution is 2.34. The molecule has 0 N–H and O–H groups in total. The number of aryl methyl sites for hydroxylation is 1. The lowest BCUT2D eigenvalue weighted by Crippen LogP contribution is -2.11. The van der Waals surface area contributed by atoms with Gasteiger partial charge in [0.15, 0.2) is 0 Å². The van der Waals surface area contributed by atoms with Crippen LogP contribution >= 0.6 is 11.6 Å². The third-order valence-electron chi connectivity index (χ3n) is 2.24. The highest BCUT2D eigenvalue weighted by molar-refractivity contribution is 6.28. The van der Waals surface area contributed by atoms with Crippen molar-refractivity contribution in [3.63, 3.8) is 0 Å². The molecule has 0 amide bonds. The maximum atomic E-state index is 12.8. The molecule has 0 unspecified atom stereocenters. The molecule has 0 saturated carbocycles. The normalized spacial score (nSPS) is 11.8. The molecule has 1 aromatic heterocycles. The average molecular weight is 262 g/mol. The molecule has 0 spiro atoms. The van der Waals surface area contributed by atoms with Crippen LogP contribution < -0.4 is 0 Å². The van der Waals surface area contributed by atoms with Gasteiger partial charge in [0.2, 0.25) is 5.28 Å². The van der Waals surface area contributed by atoms with Crippen LogP contribution in [0.1, 0.15) is 11.4 Å². The minimum absolute atomic E-state index is 0.0764. The molecule has 0 aliphatic rings. The molecule has 2 rings (SSSR count). The third kappa shape index (κ3) is 2.12. The van der Waals surface area contributed by atoms with E-state index in [1.165, 1.54) is 25.1 Å². The zero-order valence-electron chi connectivity index (χ0n) is 8.66. The first-order chi connectivity index (χ1) is 7.91. The minimum atomic E-state index is -4.45. The minimum Gasteiger partial charge on any atom is -0.269 e. The molecule has 0 radical (unpaired) electrons. The van der Waals surface area contributed by atoms with Crippen LogP contribution in [-0.4, -0.2) is 14.8 Å². The fraction of sp³-hybridized carbons (Fsp3) is 0.200. The van der Waals surface area contributed by atoms with Crippen molar-refractivity contribution in [2.45, 2.75) is 13.1 Å². The van der Waals surface area contributed by atoms with Crippen molar-refractivity contribution >= 4 is 11.6 Å². The van der Waals surface area contributed by atoms with E-state index in [4.69, 9.17) is 11.6 Å². The van der Waals surface area contributed by atoms with E-state index in [9.17, 15) is 13.2 Å². The summed E-state index contributed by atoms with van der Waals surface area (Å²) in [6.45, 7) is 1.53. The van der Waals surface area contributed by atoms with Crippen molar-refractivity contribution in [1.82, 2.24) is 14.8 Å². The molecule has 7 heteroatoms. The first-order valence-electron chi connectivity index (χ1n) is 4.65. The van der Waals surface area contributed by atoms with Crippen molar-refractivity contribution in [3.05, 3.63) is 40.9 Å². The zero-order chi connectivity index (χ0) is 12.6. The number of para-hydroxylation sites is 1. The second-order valence-electron chi connectivity index (χ2n) is 3.37. The topological polar surface area (TPSA) is 30.7 Å². The van der Waals surface area contributed by atoms with E-state index in [0.717, 1.165) is 10.6 Å². The molecule has 0 aliphatic heterocycles. The Bertz CT molecular complexity index is 528. The fourth-order valence-electron chi connectivity index (χ4n) is 1.52. The van der Waals surface area contributed by atoms with Gasteiger partial charge in [0.05, 0.1) is 11.3 Å². The number of halogens is 4. The average Bonchev–Trinajstić information content (AvgIpc) is 2.57. The van der Waals surface area contributed by atoms with Crippen LogP contribution in [0, 0.1) is 6.92 Å². The highest BCUT2D eigenvalue weighted by atomic mass is 35.5. The molecular formula is C10H7ClF3N3. The Hall–Kier alpha value is -1.56. The molecule has 0 saturated heterocycles. The second-order valence-corrected chi connectivity index (χ2v) is 3.70. The third-order valence-corrected chi connectivity index (χ3v) is 2.48. The maximum absolute atomic E-state index is 12.8. The molecule has 17 heavy (non-hydrogen) atoms. The SMILES string of the molecule is Cc1nnc(Cl)n1-c1ccccc1C(F)(F)F. The zero-order valence-corrected chi connectivity index (χ0v) is 9.42. The first-order valence-corrected chi connectivity index (χ1v) is 5.03. The van der Waals surface area contributed by atoms with Crippen LogP contribution in [0.3, 0.4) is 0 Å². The summed E-state index contributed by atoms with van der Waals surface area (Å²) in [6, 6.07) is 5.14. The van der Waals surface area contributed by atoms with Crippen molar-refractivity contribution in [2.75, 3.05) is 0 Å². The number of aromatic nitrogens is 3. The summed E-state index contributed by atoms with van der Waals surface area (Å²) in [4.78, 5) is 0. The van der Waals surface area contributed by atoms with E-state index in [1.807, 2.05) is 0 Å². The lowest BCUT2D eigenvalue weighted by atomic mass is 10.1. The Kier molecular flexibility index (Phi) is 2.82. The standard InChI is InChI=1S/C10H7ClF3N3/c1-6-15-16-9(11)17(6)8-5-3-2-4-7(8)10(12,13)14/h2-5H,1H3. The Labute approximate surface area is 99.8 Å². The Morgan fingerprint density at radius 1 is 1.18 bits per heavy atom. The van der Waals surface area contributed by atoms with Crippen LogP contribution in [0.5, 0.6) is 0 Å². The van der Waals surface area contributed by atoms with Gasteiger partial charge in [0.25, 0.3) is 0 Å². The van der Waals surface area contributed by atoms with Crippen molar-refractivity contribution < 1.29 is 13.2 Å². The van der Waals surface area contributed by atoms with Gasteiger partial charge >= 0.3 is 6.18 Å². The summed E-state index contributed by atoms with van der Waals surface area (Å²) >= 11 is 5.72. The Morgan fingerprint density at radius 3 is 2.35 bits per heavy atom. The van der Waals surface area contributed by atoms with Gasteiger partial charge in [-0.25, -0.2) is 0 Å². The molecule has 90 valence electrons. The van der Waals surface area contributed by atoms with E-state index < -0.39 is 11.7 Å². The monoisotopic (exact) mass is 261 g/mol. The van der Waals surface area contributed by atoms with E-state index in [0.29, 0.717) is 5.82 Å². The van der Waals surface area contributed by atoms with Crippen molar-refractivity contribution in [3.8, 4) is 5.69 Å². The summed E-state index contributed by atoms with van der Waals surface area (Å²) in [5.41, 5.74) is -0.850. The van der Waals surface area contributed by atoms with Gasteiger partial charge in [0, 0.05) is 0 Å². The molecule has 3 nitrogen and oxygen atoms in total. The highest BCUT2D eigenvalue weighted by Gasteiger charge is 2.34. The molecule has 2 aromatic rings. The summed E-state index contributed by atoms with van der Waals surface area (Å²) in [7, 11) is 0. The van der Waals surface area contributed by atoms with E-state index in [2.05, 4.69) is 10.2 Å². The predicted octanol–water partition coefficient (Wildman–Crippen LogP) is 3.25. The van der Waals surface area contributed by atoms with Crippen molar-refractivity contribution in [1.29, 1.82) is 0 Å². The van der Waals surface area contributed by atoms with Gasteiger partial charge in [-0.15, -0.1) is 10.2 Å². The molecule has 1 aromatic carbocycles. The van der Waals surface area contributed by atoms with Crippen LogP contribution in [0.15, 0.2) is 24.3 Å². The Morgan fingerprint density at radius 2 is 1.82 bits per heavy atom. The number of nitrogens with zero attached hydrogens (tertiary/aromatic N) is 3. The summed E-state index contributed by atoms with van der Waals surface area (Å²) < 4.78 is 39.6. The summed E-state index contributed by atoms with van der Waals surface area (Å²) in [6.07, 6.45) is -4.45. The smallest absolute Gasteiger partial charge is 0.269 e. The van der Waals surface area contributed by atoms with E-state index in [-0.39, 0.29) is 11.0 Å². The molecular weight excluding hydrogens is 255 g/mol. The maximum Gasteiger partial charge on any atom is 0.418 e. The molecule has 0 atom stereocenters. The first kappa shape index (κ1) is 11.9. The lowest BCUT2D eigenvalue weighted by Gasteiger charge is -2.14. The quantitative estimate of drug-likeness (QED) is 0.789. The van der Waals surface area contributed by atoms with Gasteiger partial charge in [-0.3, -0.25) is 4.57 Å². The second kappa shape index (κ2) is 4.03. The molecule has 0 bridgehead atoms. The molecule has 1 heterocycles. The van der Waals surface area contributed by atoms with E-state index >= 15 is 0 Å². The van der Waals surface area contributed by atoms with Gasteiger partial charge in [-0.05, 0) is 30.7 Å². The Balaban J connectivity index is 2.69. The van der Waals surface area contributed by atoms with Gasteiger partial charge in [-0.1, -0.05) is 12.1 Å². The lowest BCUT2D eigenvalue weighted by molar-refractivity contribution is -0.137. The molecule has 0 fully saturated rings. The van der Waals surface area contributed by atoms with Crippen LogP contribution in [-0.2, 0) is 6.18 Å². The summed E-state index contributed by atoms with van der Waals surface area (Å²) in [5, 5.41) is 7.06. The van der Waals surface area contributed by atoms with Gasteiger partial charge in [-0.2, -0.15) is 13.2 Å². The molecule has 0 aliphatic carbocycles. The number of benzene rings is 1. The number of alkyl halides is 3. The van der Waals surface area contributed by atoms with E-state index in [1.54, 1.807) is 0 Å². The van der Waals surface area contributed by atoms with Gasteiger partial charge < -0.3 is 0 Å². The van der Waals surface area contributed by atoms with Crippen LogP contribution in [0.2, 0.25) is 5.28 Å². The number of hydrogen-bond acceptors (Lipinski definition) is 2. The van der Waals surface area contributed by atoms with Crippen molar-refractivity contribution in [2.24, 2.45) is 0 Å². The van der Waals surface area contributed by atoms with Crippen LogP contribution in [0.25, 0.3) is 5.69 Å². The summed E-state index contributed by atoms with van der Waals surface area (Å²) in [5.74, 6) is 0.298. The predicted molar refractivity (Wildman–Crippen MR) is 56.1 cm³/mol. The van der Waals surface area contributed by atoms with Gasteiger partial charge in [0.1, 0.15) is 5.82 Å². The number of rotatable bonds is 1.